The van der Waals surface area contributed by atoms with Gasteiger partial charge in [-0.1, -0.05) is 13.3 Å². The zero-order valence-corrected chi connectivity index (χ0v) is 14.4. The smallest absolute Gasteiger partial charge is 0.332 e. The Bertz CT molecular complexity index is 257. The molecule has 1 rings (SSSR count). The van der Waals surface area contributed by atoms with E-state index in [2.05, 4.69) is 14.2 Å². The Hall–Kier alpha value is -0.980. The van der Waals surface area contributed by atoms with E-state index in [1.807, 2.05) is 6.92 Å². The maximum absolute atomic E-state index is 10.5. The van der Waals surface area contributed by atoms with Gasteiger partial charge in [-0.05, 0) is 26.2 Å². The molecule has 1 atom stereocenters. The first-order valence-corrected chi connectivity index (χ1v) is 7.81. The van der Waals surface area contributed by atoms with Gasteiger partial charge in [0.25, 0.3) is 0 Å². The quantitative estimate of drug-likeness (QED) is 0.755. The summed E-state index contributed by atoms with van der Waals surface area (Å²) >= 11 is 0. The van der Waals surface area contributed by atoms with Crippen molar-refractivity contribution in [1.29, 1.82) is 0 Å². The van der Waals surface area contributed by atoms with Gasteiger partial charge < -0.3 is 19.3 Å². The fraction of sp³-hybridized carbons (Fsp3) is 0.875. The largest absolute Gasteiger partial charge is 0.464 e. The number of esters is 1. The molecule has 0 heterocycles. The number of hydrogen-bond acceptors (Lipinski definition) is 6. The van der Waals surface area contributed by atoms with Crippen LogP contribution in [0.5, 0.6) is 0 Å². The highest BCUT2D eigenvalue weighted by Crippen LogP contribution is 2.12. The predicted molar refractivity (Wildman–Crippen MR) is 84.8 cm³/mol. The van der Waals surface area contributed by atoms with Crippen LogP contribution in [-0.2, 0) is 23.8 Å². The molecule has 0 bridgehead atoms. The molecule has 1 saturated carbocycles. The highest BCUT2D eigenvalue weighted by atomic mass is 16.6. The fourth-order valence-corrected chi connectivity index (χ4v) is 1.56. The zero-order valence-electron chi connectivity index (χ0n) is 14.4. The highest BCUT2D eigenvalue weighted by molar-refractivity contribution is 5.78. The summed E-state index contributed by atoms with van der Waals surface area (Å²) in [7, 11) is 3.03. The number of ketones is 1. The Morgan fingerprint density at radius 1 is 1.18 bits per heavy atom. The van der Waals surface area contributed by atoms with Gasteiger partial charge in [-0.15, -0.1) is 0 Å². The van der Waals surface area contributed by atoms with Crippen LogP contribution >= 0.6 is 0 Å². The van der Waals surface area contributed by atoms with Crippen LogP contribution in [0.1, 0.15) is 52.4 Å². The molecule has 0 aliphatic heterocycles. The standard InChI is InChI=1S/C6H12O3.C6H10O.C4H10O2/c1-3-4-9-6(7)5-8-2;7-6-4-2-1-3-5-6;1-4(5)3-6-2/h3-5H2,1-2H3;1-5H2;4-5H,3H2,1-2H3. The lowest BCUT2D eigenvalue weighted by atomic mass is 10.00. The van der Waals surface area contributed by atoms with Crippen LogP contribution in [0.3, 0.4) is 0 Å². The molecular weight excluding hydrogens is 288 g/mol. The molecule has 1 aliphatic carbocycles. The number of methoxy groups -OCH3 is 2. The van der Waals surface area contributed by atoms with E-state index in [-0.39, 0.29) is 18.7 Å². The van der Waals surface area contributed by atoms with Crippen LogP contribution in [0.2, 0.25) is 0 Å². The van der Waals surface area contributed by atoms with Crippen LogP contribution in [0.4, 0.5) is 0 Å². The summed E-state index contributed by atoms with van der Waals surface area (Å²) in [5.41, 5.74) is 0. The van der Waals surface area contributed by atoms with Crippen molar-refractivity contribution in [2.45, 2.75) is 58.5 Å². The van der Waals surface area contributed by atoms with Gasteiger partial charge in [0.2, 0.25) is 0 Å². The van der Waals surface area contributed by atoms with E-state index in [4.69, 9.17) is 5.11 Å². The van der Waals surface area contributed by atoms with E-state index < -0.39 is 0 Å². The van der Waals surface area contributed by atoms with Crippen molar-refractivity contribution in [1.82, 2.24) is 0 Å². The second-order valence-corrected chi connectivity index (χ2v) is 5.06. The Kier molecular flexibility index (Phi) is 19.1. The van der Waals surface area contributed by atoms with Crippen LogP contribution in [0.25, 0.3) is 0 Å². The summed E-state index contributed by atoms with van der Waals surface area (Å²) in [5.74, 6) is 0.172. The minimum Gasteiger partial charge on any atom is -0.464 e. The van der Waals surface area contributed by atoms with Crippen molar-refractivity contribution < 1.29 is 28.9 Å². The van der Waals surface area contributed by atoms with Crippen LogP contribution < -0.4 is 0 Å². The Balaban J connectivity index is 0. The molecule has 0 spiro atoms. The van der Waals surface area contributed by atoms with Crippen LogP contribution in [0.15, 0.2) is 0 Å². The second-order valence-electron chi connectivity index (χ2n) is 5.06. The summed E-state index contributed by atoms with van der Waals surface area (Å²) in [6.07, 6.45) is 5.77. The van der Waals surface area contributed by atoms with Crippen molar-refractivity contribution in [2.75, 3.05) is 34.0 Å². The van der Waals surface area contributed by atoms with Gasteiger partial charge in [0, 0.05) is 27.1 Å². The predicted octanol–water partition coefficient (Wildman–Crippen LogP) is 2.12. The molecule has 0 amide bonds. The molecular formula is C16H32O6. The lowest BCUT2D eigenvalue weighted by Gasteiger charge is -2.05. The number of ether oxygens (including phenoxy) is 3. The molecule has 6 nitrogen and oxygen atoms in total. The average Bonchev–Trinajstić information content (AvgIpc) is 2.47. The van der Waals surface area contributed by atoms with Gasteiger partial charge in [0.05, 0.1) is 19.3 Å². The van der Waals surface area contributed by atoms with E-state index in [1.165, 1.54) is 13.5 Å². The van der Waals surface area contributed by atoms with Gasteiger partial charge in [0.15, 0.2) is 0 Å². The molecule has 0 aromatic carbocycles. The monoisotopic (exact) mass is 320 g/mol. The normalized spacial score (nSPS) is 14.9. The fourth-order valence-electron chi connectivity index (χ4n) is 1.56. The minimum atomic E-state index is -0.324. The van der Waals surface area contributed by atoms with E-state index in [1.54, 1.807) is 14.0 Å². The summed E-state index contributed by atoms with van der Waals surface area (Å²) in [5, 5.41) is 8.43. The van der Waals surface area contributed by atoms with Crippen molar-refractivity contribution in [3.05, 3.63) is 0 Å². The van der Waals surface area contributed by atoms with Crippen LogP contribution in [-0.4, -0.2) is 57.0 Å². The van der Waals surface area contributed by atoms with Crippen molar-refractivity contribution in [2.24, 2.45) is 0 Å². The van der Waals surface area contributed by atoms with E-state index in [0.717, 1.165) is 32.1 Å². The number of aliphatic hydroxyl groups excluding tert-OH is 1. The molecule has 132 valence electrons. The lowest BCUT2D eigenvalue weighted by molar-refractivity contribution is -0.147. The second kappa shape index (κ2) is 18.1. The minimum absolute atomic E-state index is 0.0556. The molecule has 1 unspecified atom stereocenters. The SMILES string of the molecule is CCCOC(=O)COC.COCC(C)O.O=C1CCCCC1. The molecule has 22 heavy (non-hydrogen) atoms. The first kappa shape index (κ1) is 23.3. The third kappa shape index (κ3) is 21.3. The number of Topliss-reactive ketones (excluding diaryl/α,β-unsaturated/α-hetero) is 1. The summed E-state index contributed by atoms with van der Waals surface area (Å²) in [6, 6.07) is 0. The number of hydrogen-bond donors (Lipinski definition) is 1. The van der Waals surface area contributed by atoms with Gasteiger partial charge in [-0.25, -0.2) is 4.79 Å². The number of carbonyl (C=O) groups is 2. The molecule has 0 saturated heterocycles. The third-order valence-electron chi connectivity index (χ3n) is 2.55. The Morgan fingerprint density at radius 3 is 2.05 bits per heavy atom. The van der Waals surface area contributed by atoms with Crippen molar-refractivity contribution in [3.63, 3.8) is 0 Å². The topological polar surface area (TPSA) is 82.1 Å². The Labute approximate surface area is 134 Å². The average molecular weight is 320 g/mol. The summed E-state index contributed by atoms with van der Waals surface area (Å²) in [4.78, 5) is 20.9. The summed E-state index contributed by atoms with van der Waals surface area (Å²) < 4.78 is 13.7. The van der Waals surface area contributed by atoms with Gasteiger partial charge in [0.1, 0.15) is 12.4 Å². The number of rotatable bonds is 6. The Morgan fingerprint density at radius 2 is 1.77 bits per heavy atom. The van der Waals surface area contributed by atoms with Crippen molar-refractivity contribution >= 4 is 11.8 Å². The molecule has 6 heteroatoms. The number of carbonyl (C=O) groups excluding carboxylic acids is 2. The van der Waals surface area contributed by atoms with Crippen molar-refractivity contribution in [3.8, 4) is 0 Å². The van der Waals surface area contributed by atoms with Gasteiger partial charge in [-0.2, -0.15) is 0 Å². The zero-order chi connectivity index (χ0) is 17.2. The maximum atomic E-state index is 10.5. The number of aliphatic hydroxyl groups is 1. The van der Waals surface area contributed by atoms with Crippen LogP contribution in [0, 0.1) is 0 Å². The molecule has 1 aliphatic rings. The highest BCUT2D eigenvalue weighted by Gasteiger charge is 2.06. The molecule has 1 fully saturated rings. The maximum Gasteiger partial charge on any atom is 0.332 e. The van der Waals surface area contributed by atoms with E-state index in [0.29, 0.717) is 19.0 Å². The molecule has 0 radical (unpaired) electrons. The summed E-state index contributed by atoms with van der Waals surface area (Å²) in [6.45, 7) is 4.60. The van der Waals surface area contributed by atoms with Gasteiger partial charge in [-0.3, -0.25) is 4.79 Å². The first-order chi connectivity index (χ1) is 10.5. The molecule has 0 aromatic rings. The van der Waals surface area contributed by atoms with Gasteiger partial charge >= 0.3 is 5.97 Å². The lowest BCUT2D eigenvalue weighted by Crippen LogP contribution is -2.11. The molecule has 0 aromatic heterocycles. The first-order valence-electron chi connectivity index (χ1n) is 7.81. The third-order valence-corrected chi connectivity index (χ3v) is 2.55. The molecule has 1 N–H and O–H groups in total. The van der Waals surface area contributed by atoms with E-state index >= 15 is 0 Å². The van der Waals surface area contributed by atoms with E-state index in [9.17, 15) is 9.59 Å².